The van der Waals surface area contributed by atoms with Gasteiger partial charge in [-0.2, -0.15) is 0 Å². The van der Waals surface area contributed by atoms with E-state index in [1.165, 1.54) is 0 Å². The van der Waals surface area contributed by atoms with Crippen LogP contribution >= 0.6 is 0 Å². The van der Waals surface area contributed by atoms with Gasteiger partial charge in [-0.3, -0.25) is 0 Å². The minimum atomic E-state index is 0.162. The molecule has 25 heavy (non-hydrogen) atoms. The maximum absolute atomic E-state index is 10.2. The highest BCUT2D eigenvalue weighted by molar-refractivity contribution is 6.09. The molecule has 2 aliphatic rings. The number of allylic oxidation sites excluding steroid dienone is 6. The van der Waals surface area contributed by atoms with Gasteiger partial charge in [-0.15, -0.1) is 0 Å². The second-order valence-corrected chi connectivity index (χ2v) is 6.72. The lowest BCUT2D eigenvalue weighted by Gasteiger charge is -2.24. The van der Waals surface area contributed by atoms with Gasteiger partial charge in [0.2, 0.25) is 0 Å². The van der Waals surface area contributed by atoms with Gasteiger partial charge in [-0.1, -0.05) is 56.0 Å². The molecule has 2 aromatic rings. The number of rotatable bonds is 2. The zero-order chi connectivity index (χ0) is 17.6. The minimum Gasteiger partial charge on any atom is -0.508 e. The zero-order valence-electron chi connectivity index (χ0n) is 14.1. The summed E-state index contributed by atoms with van der Waals surface area (Å²) in [7, 11) is 0. The maximum atomic E-state index is 10.2. The van der Waals surface area contributed by atoms with Crippen LogP contribution in [0.5, 0.6) is 5.75 Å². The van der Waals surface area contributed by atoms with E-state index in [2.05, 4.69) is 25.6 Å². The first kappa shape index (κ1) is 15.5. The van der Waals surface area contributed by atoms with Crippen molar-refractivity contribution < 1.29 is 10.2 Å². The first-order chi connectivity index (χ1) is 12.1. The van der Waals surface area contributed by atoms with E-state index in [0.29, 0.717) is 5.76 Å². The van der Waals surface area contributed by atoms with Crippen LogP contribution in [0.4, 0.5) is 0 Å². The lowest BCUT2D eigenvalue weighted by molar-refractivity contribution is 0.409. The van der Waals surface area contributed by atoms with Crippen LogP contribution in [0.1, 0.15) is 18.1 Å². The summed E-state index contributed by atoms with van der Waals surface area (Å²) in [6.45, 7) is 6.51. The lowest BCUT2D eigenvalue weighted by atomic mass is 9.79. The fraction of sp³-hybridized carbons (Fsp3) is 0.130. The van der Waals surface area contributed by atoms with Crippen LogP contribution in [0.2, 0.25) is 0 Å². The molecule has 124 valence electrons. The van der Waals surface area contributed by atoms with E-state index in [1.54, 1.807) is 12.1 Å². The van der Waals surface area contributed by atoms with Crippen LogP contribution in [0.25, 0.3) is 11.1 Å². The minimum absolute atomic E-state index is 0.162. The van der Waals surface area contributed by atoms with Crippen LogP contribution in [0, 0.1) is 11.8 Å². The summed E-state index contributed by atoms with van der Waals surface area (Å²) in [6.07, 6.45) is 3.76. The van der Waals surface area contributed by atoms with Crippen molar-refractivity contribution >= 4 is 11.1 Å². The SMILES string of the molecule is C=C1C(c2ccc(O)cc2)=C(c2ccccc2)C2=CC(O)=CC(C)C12. The number of fused-ring (bicyclic) bond motifs is 1. The molecule has 2 unspecified atom stereocenters. The molecule has 0 radical (unpaired) electrons. The number of hydrogen-bond donors (Lipinski definition) is 2. The molecule has 4 rings (SSSR count). The molecule has 0 fully saturated rings. The van der Waals surface area contributed by atoms with Gasteiger partial charge >= 0.3 is 0 Å². The molecule has 0 saturated carbocycles. The Labute approximate surface area is 147 Å². The van der Waals surface area contributed by atoms with Crippen molar-refractivity contribution in [2.45, 2.75) is 6.92 Å². The number of phenolic OH excluding ortho intramolecular Hbond substituents is 1. The summed E-state index contributed by atoms with van der Waals surface area (Å²) < 4.78 is 0. The first-order valence-corrected chi connectivity index (χ1v) is 8.47. The van der Waals surface area contributed by atoms with Gasteiger partial charge in [0.05, 0.1) is 0 Å². The van der Waals surface area contributed by atoms with Gasteiger partial charge in [0, 0.05) is 5.92 Å². The van der Waals surface area contributed by atoms with E-state index in [4.69, 9.17) is 0 Å². The Morgan fingerprint density at radius 2 is 1.48 bits per heavy atom. The van der Waals surface area contributed by atoms with Crippen LogP contribution < -0.4 is 0 Å². The van der Waals surface area contributed by atoms with Gasteiger partial charge in [-0.25, -0.2) is 0 Å². The van der Waals surface area contributed by atoms with Crippen molar-refractivity contribution in [3.63, 3.8) is 0 Å². The molecule has 0 aliphatic heterocycles. The predicted octanol–water partition coefficient (Wildman–Crippen LogP) is 5.51. The smallest absolute Gasteiger partial charge is 0.115 e. The molecule has 2 atom stereocenters. The number of aromatic hydroxyl groups is 1. The summed E-state index contributed by atoms with van der Waals surface area (Å²) >= 11 is 0. The molecule has 0 heterocycles. The second-order valence-electron chi connectivity index (χ2n) is 6.72. The number of aliphatic hydroxyl groups excluding tert-OH is 1. The molecule has 0 bridgehead atoms. The van der Waals surface area contributed by atoms with Gasteiger partial charge < -0.3 is 10.2 Å². The molecular weight excluding hydrogens is 308 g/mol. The Bertz CT molecular complexity index is 928. The standard InChI is InChI=1S/C23H20O2/c1-14-12-19(25)13-20-21(14)15(2)22(17-8-10-18(24)11-9-17)23(20)16-6-4-3-5-7-16/h3-14,21,24-25H,2H2,1H3. The Morgan fingerprint density at radius 3 is 2.16 bits per heavy atom. The third kappa shape index (κ3) is 2.51. The normalized spacial score (nSPS) is 22.5. The highest BCUT2D eigenvalue weighted by atomic mass is 16.3. The lowest BCUT2D eigenvalue weighted by Crippen LogP contribution is -2.15. The highest BCUT2D eigenvalue weighted by Gasteiger charge is 2.38. The highest BCUT2D eigenvalue weighted by Crippen LogP contribution is 2.54. The number of aliphatic hydroxyl groups is 1. The monoisotopic (exact) mass is 328 g/mol. The molecule has 2 heteroatoms. The van der Waals surface area contributed by atoms with E-state index in [0.717, 1.165) is 33.4 Å². The van der Waals surface area contributed by atoms with Crippen molar-refractivity contribution in [1.82, 2.24) is 0 Å². The summed E-state index contributed by atoms with van der Waals surface area (Å²) in [4.78, 5) is 0. The molecule has 2 aromatic carbocycles. The molecule has 0 aromatic heterocycles. The van der Waals surface area contributed by atoms with Crippen LogP contribution in [-0.4, -0.2) is 10.2 Å². The van der Waals surface area contributed by atoms with E-state index < -0.39 is 0 Å². The first-order valence-electron chi connectivity index (χ1n) is 8.47. The summed E-state index contributed by atoms with van der Waals surface area (Å²) in [6, 6.07) is 17.5. The third-order valence-electron chi connectivity index (χ3n) is 5.05. The van der Waals surface area contributed by atoms with E-state index in [-0.39, 0.29) is 17.6 Å². The van der Waals surface area contributed by atoms with Crippen LogP contribution in [-0.2, 0) is 0 Å². The van der Waals surface area contributed by atoms with Gasteiger partial charge in [0.25, 0.3) is 0 Å². The predicted molar refractivity (Wildman–Crippen MR) is 102 cm³/mol. The Hall–Kier alpha value is -3.00. The molecule has 0 amide bonds. The van der Waals surface area contributed by atoms with Crippen molar-refractivity contribution in [3.05, 3.63) is 101 Å². The van der Waals surface area contributed by atoms with Gasteiger partial charge in [0.1, 0.15) is 11.5 Å². The van der Waals surface area contributed by atoms with E-state index in [9.17, 15) is 10.2 Å². The summed E-state index contributed by atoms with van der Waals surface area (Å²) in [5.74, 6) is 0.904. The van der Waals surface area contributed by atoms with Crippen LogP contribution in [0.15, 0.2) is 90.2 Å². The Kier molecular flexibility index (Phi) is 3.61. The average Bonchev–Trinajstić information content (AvgIpc) is 2.89. The average molecular weight is 328 g/mol. The number of phenols is 1. The maximum Gasteiger partial charge on any atom is 0.115 e. The topological polar surface area (TPSA) is 40.5 Å². The molecular formula is C23H20O2. The number of benzene rings is 2. The summed E-state index contributed by atoms with van der Waals surface area (Å²) in [5.41, 5.74) is 6.54. The summed E-state index contributed by atoms with van der Waals surface area (Å²) in [5, 5.41) is 19.8. The van der Waals surface area contributed by atoms with Gasteiger partial charge in [0.15, 0.2) is 0 Å². The van der Waals surface area contributed by atoms with Crippen molar-refractivity contribution in [1.29, 1.82) is 0 Å². The molecule has 0 spiro atoms. The Morgan fingerprint density at radius 1 is 0.840 bits per heavy atom. The van der Waals surface area contributed by atoms with Crippen LogP contribution in [0.3, 0.4) is 0 Å². The van der Waals surface area contributed by atoms with Crippen molar-refractivity contribution in [2.24, 2.45) is 11.8 Å². The Balaban J connectivity index is 1.99. The third-order valence-corrected chi connectivity index (χ3v) is 5.05. The molecule has 2 nitrogen and oxygen atoms in total. The number of hydrogen-bond acceptors (Lipinski definition) is 2. The van der Waals surface area contributed by atoms with E-state index in [1.807, 2.05) is 42.5 Å². The largest absolute Gasteiger partial charge is 0.508 e. The fourth-order valence-electron chi connectivity index (χ4n) is 4.01. The van der Waals surface area contributed by atoms with Gasteiger partial charge in [-0.05, 0) is 63.6 Å². The van der Waals surface area contributed by atoms with Crippen molar-refractivity contribution in [3.8, 4) is 5.75 Å². The quantitative estimate of drug-likeness (QED) is 0.763. The molecule has 2 N–H and O–H groups in total. The molecule has 0 saturated heterocycles. The van der Waals surface area contributed by atoms with Crippen molar-refractivity contribution in [2.75, 3.05) is 0 Å². The molecule has 2 aliphatic carbocycles. The fourth-order valence-corrected chi connectivity index (χ4v) is 4.01. The van der Waals surface area contributed by atoms with E-state index >= 15 is 0 Å². The second kappa shape index (κ2) is 5.82. The zero-order valence-corrected chi connectivity index (χ0v) is 14.1.